The Kier molecular flexibility index (Phi) is 3.91. The highest BCUT2D eigenvalue weighted by Crippen LogP contribution is 2.69. The molecule has 6 rings (SSSR count). The minimum absolute atomic E-state index is 0.0409. The third kappa shape index (κ3) is 2.46. The SMILES string of the molecule is CC1(C)NC[C@]2(CCC3C4CC=C5CC6(CC[C@]5(C)C4CC[C@@]32C)OCCO6)O1. The zero-order valence-corrected chi connectivity index (χ0v) is 18.8. The summed E-state index contributed by atoms with van der Waals surface area (Å²) in [6, 6.07) is 0. The highest BCUT2D eigenvalue weighted by atomic mass is 16.7. The first-order valence-electron chi connectivity index (χ1n) is 12.1. The molecule has 2 spiro atoms. The molecule has 0 aromatic carbocycles. The normalized spacial score (nSPS) is 52.3. The van der Waals surface area contributed by atoms with Crippen LogP contribution in [0.1, 0.15) is 79.1 Å². The highest BCUT2D eigenvalue weighted by molar-refractivity contribution is 5.28. The van der Waals surface area contributed by atoms with Crippen molar-refractivity contribution < 1.29 is 14.2 Å². The van der Waals surface area contributed by atoms with Crippen LogP contribution in [0.5, 0.6) is 0 Å². The molecule has 0 amide bonds. The maximum absolute atomic E-state index is 6.78. The molecule has 6 atom stereocenters. The Bertz CT molecular complexity index is 740. The molecule has 0 aromatic heterocycles. The van der Waals surface area contributed by atoms with E-state index in [1.807, 2.05) is 0 Å². The van der Waals surface area contributed by atoms with Gasteiger partial charge in [0.15, 0.2) is 5.79 Å². The van der Waals surface area contributed by atoms with E-state index in [2.05, 4.69) is 39.1 Å². The molecule has 6 aliphatic rings. The van der Waals surface area contributed by atoms with Crippen LogP contribution in [0.3, 0.4) is 0 Å². The maximum atomic E-state index is 6.78. The number of nitrogens with one attached hydrogen (secondary N) is 1. The first-order valence-corrected chi connectivity index (χ1v) is 12.1. The van der Waals surface area contributed by atoms with Crippen LogP contribution in [0.25, 0.3) is 0 Å². The molecule has 4 nitrogen and oxygen atoms in total. The molecule has 3 unspecified atom stereocenters. The molecule has 29 heavy (non-hydrogen) atoms. The van der Waals surface area contributed by atoms with Crippen molar-refractivity contribution in [2.75, 3.05) is 19.8 Å². The van der Waals surface area contributed by atoms with Gasteiger partial charge in [-0.3, -0.25) is 5.32 Å². The molecule has 0 bridgehead atoms. The van der Waals surface area contributed by atoms with Crippen molar-refractivity contribution in [2.24, 2.45) is 28.6 Å². The summed E-state index contributed by atoms with van der Waals surface area (Å²) in [6.45, 7) is 12.1. The molecular formula is C25H39NO3. The lowest BCUT2D eigenvalue weighted by Crippen LogP contribution is -2.56. The van der Waals surface area contributed by atoms with Gasteiger partial charge in [0.1, 0.15) is 5.72 Å². The van der Waals surface area contributed by atoms with Gasteiger partial charge >= 0.3 is 0 Å². The number of fused-ring (bicyclic) bond motifs is 6. The summed E-state index contributed by atoms with van der Waals surface area (Å²) >= 11 is 0. The Hall–Kier alpha value is -0.420. The minimum Gasteiger partial charge on any atom is -0.353 e. The van der Waals surface area contributed by atoms with Crippen molar-refractivity contribution in [3.63, 3.8) is 0 Å². The van der Waals surface area contributed by atoms with Gasteiger partial charge in [0, 0.05) is 24.8 Å². The van der Waals surface area contributed by atoms with Gasteiger partial charge in [0.2, 0.25) is 0 Å². The second-order valence-electron chi connectivity index (χ2n) is 12.0. The predicted octanol–water partition coefficient (Wildman–Crippen LogP) is 4.79. The Morgan fingerprint density at radius 3 is 2.41 bits per heavy atom. The van der Waals surface area contributed by atoms with Crippen LogP contribution in [0, 0.1) is 28.6 Å². The van der Waals surface area contributed by atoms with E-state index in [1.165, 1.54) is 38.5 Å². The Labute approximate surface area is 176 Å². The largest absolute Gasteiger partial charge is 0.353 e. The van der Waals surface area contributed by atoms with Crippen molar-refractivity contribution in [2.45, 2.75) is 96.2 Å². The molecule has 0 radical (unpaired) electrons. The van der Waals surface area contributed by atoms with Crippen molar-refractivity contribution in [1.29, 1.82) is 0 Å². The minimum atomic E-state index is -0.298. The summed E-state index contributed by atoms with van der Waals surface area (Å²) in [5.41, 5.74) is 2.15. The highest BCUT2D eigenvalue weighted by Gasteiger charge is 2.67. The van der Waals surface area contributed by atoms with Gasteiger partial charge in [-0.2, -0.15) is 0 Å². The molecule has 2 heterocycles. The van der Waals surface area contributed by atoms with Crippen LogP contribution in [0.2, 0.25) is 0 Å². The predicted molar refractivity (Wildman–Crippen MR) is 112 cm³/mol. The first-order chi connectivity index (χ1) is 13.7. The number of allylic oxidation sites excluding steroid dienone is 1. The number of hydrogen-bond acceptors (Lipinski definition) is 4. The fourth-order valence-electron chi connectivity index (χ4n) is 8.82. The lowest BCUT2D eigenvalue weighted by molar-refractivity contribution is -0.191. The lowest BCUT2D eigenvalue weighted by Gasteiger charge is -2.60. The van der Waals surface area contributed by atoms with E-state index in [-0.39, 0.29) is 17.1 Å². The molecule has 5 fully saturated rings. The lowest BCUT2D eigenvalue weighted by atomic mass is 9.46. The Morgan fingerprint density at radius 2 is 1.69 bits per heavy atom. The standard InChI is InChI=1S/C25H39NO3/c1-21(2)26-16-24(29-21)10-8-20-18-6-5-17-15-25(27-13-14-28-25)12-11-22(17,3)19(18)7-9-23(20,24)4/h5,18-20,26H,6-16H2,1-4H3/t18?,19?,20?,22-,23-,24-/m0/s1. The zero-order chi connectivity index (χ0) is 20.1. The molecular weight excluding hydrogens is 362 g/mol. The van der Waals surface area contributed by atoms with Gasteiger partial charge in [-0.25, -0.2) is 0 Å². The summed E-state index contributed by atoms with van der Waals surface area (Å²) in [6.07, 6.45) is 12.4. The van der Waals surface area contributed by atoms with Crippen molar-refractivity contribution in [3.8, 4) is 0 Å². The van der Waals surface area contributed by atoms with Gasteiger partial charge in [-0.15, -0.1) is 0 Å². The van der Waals surface area contributed by atoms with Gasteiger partial charge in [-0.05, 0) is 75.5 Å². The van der Waals surface area contributed by atoms with Gasteiger partial charge in [-0.1, -0.05) is 25.5 Å². The van der Waals surface area contributed by atoms with E-state index < -0.39 is 0 Å². The molecule has 3 saturated carbocycles. The molecule has 1 N–H and O–H groups in total. The number of hydrogen-bond donors (Lipinski definition) is 1. The number of rotatable bonds is 0. The smallest absolute Gasteiger partial charge is 0.172 e. The van der Waals surface area contributed by atoms with E-state index in [9.17, 15) is 0 Å². The van der Waals surface area contributed by atoms with Crippen LogP contribution in [0.15, 0.2) is 11.6 Å². The molecule has 4 aliphatic carbocycles. The summed E-state index contributed by atoms with van der Waals surface area (Å²) in [5.74, 6) is 2.13. The average molecular weight is 402 g/mol. The van der Waals surface area contributed by atoms with E-state index in [0.717, 1.165) is 50.4 Å². The molecule has 162 valence electrons. The maximum Gasteiger partial charge on any atom is 0.172 e. The molecule has 0 aromatic rings. The quantitative estimate of drug-likeness (QED) is 0.593. The van der Waals surface area contributed by atoms with E-state index >= 15 is 0 Å². The first kappa shape index (κ1) is 19.3. The van der Waals surface area contributed by atoms with Crippen LogP contribution < -0.4 is 5.32 Å². The summed E-state index contributed by atoms with van der Waals surface area (Å²) in [5, 5.41) is 3.68. The van der Waals surface area contributed by atoms with E-state index in [4.69, 9.17) is 14.2 Å². The third-order valence-corrected chi connectivity index (χ3v) is 10.5. The fraction of sp³-hybridized carbons (Fsp3) is 0.920. The van der Waals surface area contributed by atoms with Crippen molar-refractivity contribution in [1.82, 2.24) is 5.32 Å². The van der Waals surface area contributed by atoms with Crippen molar-refractivity contribution >= 4 is 0 Å². The second-order valence-corrected chi connectivity index (χ2v) is 12.0. The Morgan fingerprint density at radius 1 is 0.931 bits per heavy atom. The average Bonchev–Trinajstić information content (AvgIpc) is 3.34. The topological polar surface area (TPSA) is 39.7 Å². The molecule has 4 heteroatoms. The van der Waals surface area contributed by atoms with Gasteiger partial charge in [0.05, 0.1) is 18.8 Å². The second kappa shape index (κ2) is 5.88. The van der Waals surface area contributed by atoms with E-state index in [1.54, 1.807) is 5.57 Å². The van der Waals surface area contributed by atoms with Gasteiger partial charge in [0.25, 0.3) is 0 Å². The molecule has 2 aliphatic heterocycles. The molecule has 2 saturated heterocycles. The summed E-state index contributed by atoms with van der Waals surface area (Å²) in [4.78, 5) is 0. The van der Waals surface area contributed by atoms with Crippen LogP contribution >= 0.6 is 0 Å². The zero-order valence-electron chi connectivity index (χ0n) is 18.8. The van der Waals surface area contributed by atoms with Crippen molar-refractivity contribution in [3.05, 3.63) is 11.6 Å². The third-order valence-electron chi connectivity index (χ3n) is 10.5. The van der Waals surface area contributed by atoms with Crippen LogP contribution in [0.4, 0.5) is 0 Å². The number of ether oxygens (including phenoxy) is 3. The Balaban J connectivity index is 1.30. The monoisotopic (exact) mass is 401 g/mol. The summed E-state index contributed by atoms with van der Waals surface area (Å²) < 4.78 is 19.0. The van der Waals surface area contributed by atoms with Crippen LogP contribution in [-0.2, 0) is 14.2 Å². The van der Waals surface area contributed by atoms with E-state index in [0.29, 0.717) is 10.8 Å². The van der Waals surface area contributed by atoms with Crippen LogP contribution in [-0.4, -0.2) is 36.9 Å². The van der Waals surface area contributed by atoms with Gasteiger partial charge < -0.3 is 14.2 Å². The fourth-order valence-corrected chi connectivity index (χ4v) is 8.82. The summed E-state index contributed by atoms with van der Waals surface area (Å²) in [7, 11) is 0.